The Labute approximate surface area is 143 Å². The number of benzene rings is 2. The van der Waals surface area contributed by atoms with Gasteiger partial charge in [-0.1, -0.05) is 6.07 Å². The van der Waals surface area contributed by atoms with Crippen LogP contribution < -0.4 is 10.6 Å². The van der Waals surface area contributed by atoms with Gasteiger partial charge in [0.2, 0.25) is 0 Å². The smallest absolute Gasteiger partial charge is 0.319 e. The first-order chi connectivity index (χ1) is 12.0. The molecule has 0 saturated heterocycles. The fourth-order valence-electron chi connectivity index (χ4n) is 2.24. The highest BCUT2D eigenvalue weighted by Crippen LogP contribution is 2.14. The van der Waals surface area contributed by atoms with Gasteiger partial charge in [0.05, 0.1) is 12.2 Å². The highest BCUT2D eigenvalue weighted by atomic mass is 19.1. The van der Waals surface area contributed by atoms with E-state index in [0.717, 1.165) is 11.3 Å². The van der Waals surface area contributed by atoms with Crippen molar-refractivity contribution in [1.29, 1.82) is 0 Å². The summed E-state index contributed by atoms with van der Waals surface area (Å²) in [5.41, 5.74) is 3.62. The lowest BCUT2D eigenvalue weighted by molar-refractivity contribution is 0.251. The Hall–Kier alpha value is -3.29. The van der Waals surface area contributed by atoms with Crippen molar-refractivity contribution >= 4 is 11.7 Å². The maximum atomic E-state index is 12.9. The predicted molar refractivity (Wildman–Crippen MR) is 90.9 cm³/mol. The molecular weight excluding hydrogens is 323 g/mol. The third-order valence-corrected chi connectivity index (χ3v) is 3.78. The topological polar surface area (TPSA) is 84.7 Å². The summed E-state index contributed by atoms with van der Waals surface area (Å²) >= 11 is 0. The van der Waals surface area contributed by atoms with E-state index in [0.29, 0.717) is 11.5 Å². The van der Waals surface area contributed by atoms with Crippen LogP contribution in [-0.2, 0) is 6.54 Å². The summed E-state index contributed by atoms with van der Waals surface area (Å²) in [6, 6.07) is 11.0. The summed E-state index contributed by atoms with van der Waals surface area (Å²) in [6.45, 7) is 4.19. The lowest BCUT2D eigenvalue weighted by atomic mass is 10.1. The monoisotopic (exact) mass is 340 g/mol. The fourth-order valence-corrected chi connectivity index (χ4v) is 2.24. The van der Waals surface area contributed by atoms with Gasteiger partial charge in [0.15, 0.2) is 5.82 Å². The quantitative estimate of drug-likeness (QED) is 0.765. The van der Waals surface area contributed by atoms with Crippen molar-refractivity contribution in [3.8, 4) is 5.69 Å². The van der Waals surface area contributed by atoms with Crippen LogP contribution in [0.15, 0.2) is 42.5 Å². The number of nitrogens with zero attached hydrogens (tertiary/aromatic N) is 4. The minimum absolute atomic E-state index is 0.146. The molecule has 2 N–H and O–H groups in total. The number of halogens is 1. The van der Waals surface area contributed by atoms with E-state index in [2.05, 4.69) is 26.2 Å². The number of urea groups is 1. The van der Waals surface area contributed by atoms with Gasteiger partial charge in [0.1, 0.15) is 5.82 Å². The minimum atomic E-state index is -0.429. The van der Waals surface area contributed by atoms with Gasteiger partial charge < -0.3 is 10.6 Å². The van der Waals surface area contributed by atoms with E-state index < -0.39 is 6.03 Å². The molecule has 3 aromatic rings. The molecule has 3 rings (SSSR count). The first-order valence-corrected chi connectivity index (χ1v) is 7.68. The summed E-state index contributed by atoms with van der Waals surface area (Å²) in [7, 11) is 0. The van der Waals surface area contributed by atoms with Gasteiger partial charge in [-0.15, -0.1) is 5.10 Å². The largest absolute Gasteiger partial charge is 0.330 e. The zero-order chi connectivity index (χ0) is 17.8. The van der Waals surface area contributed by atoms with Gasteiger partial charge in [-0.2, -0.15) is 4.68 Å². The predicted octanol–water partition coefficient (Wildman–Crippen LogP) is 2.74. The number of carbonyl (C=O) groups is 1. The third-order valence-electron chi connectivity index (χ3n) is 3.78. The summed E-state index contributed by atoms with van der Waals surface area (Å²) in [5, 5.41) is 16.9. The molecule has 0 aliphatic carbocycles. The minimum Gasteiger partial charge on any atom is -0.330 e. The van der Waals surface area contributed by atoms with Crippen molar-refractivity contribution < 1.29 is 9.18 Å². The van der Waals surface area contributed by atoms with Crippen LogP contribution in [0.25, 0.3) is 5.69 Å². The molecule has 0 fully saturated rings. The molecule has 0 bridgehead atoms. The van der Waals surface area contributed by atoms with Gasteiger partial charge in [0.25, 0.3) is 0 Å². The zero-order valence-electron chi connectivity index (χ0n) is 13.8. The Morgan fingerprint density at radius 3 is 2.60 bits per heavy atom. The van der Waals surface area contributed by atoms with Crippen molar-refractivity contribution in [3.05, 3.63) is 65.2 Å². The number of tetrazole rings is 1. The van der Waals surface area contributed by atoms with Gasteiger partial charge in [-0.25, -0.2) is 9.18 Å². The van der Waals surface area contributed by atoms with Crippen molar-refractivity contribution in [2.45, 2.75) is 20.4 Å². The van der Waals surface area contributed by atoms with E-state index in [1.807, 2.05) is 32.0 Å². The van der Waals surface area contributed by atoms with Crippen molar-refractivity contribution in [2.75, 3.05) is 5.32 Å². The van der Waals surface area contributed by atoms with Crippen molar-refractivity contribution in [2.24, 2.45) is 0 Å². The molecule has 7 nitrogen and oxygen atoms in total. The lowest BCUT2D eigenvalue weighted by Crippen LogP contribution is -2.29. The number of rotatable bonds is 4. The Kier molecular flexibility index (Phi) is 4.69. The molecule has 128 valence electrons. The number of aromatic nitrogens is 4. The number of nitrogens with one attached hydrogen (secondary N) is 2. The summed E-state index contributed by atoms with van der Waals surface area (Å²) in [4.78, 5) is 11.9. The molecule has 0 radical (unpaired) electrons. The number of hydrogen-bond acceptors (Lipinski definition) is 4. The maximum absolute atomic E-state index is 12.9. The number of amides is 2. The molecule has 0 spiro atoms. The SMILES string of the molecule is Cc1ccc(-n2nnnc2CNC(=O)Nc2ccc(F)cc2)cc1C. The number of anilines is 1. The van der Waals surface area contributed by atoms with Crippen LogP contribution in [0.5, 0.6) is 0 Å². The molecule has 1 heterocycles. The Bertz CT molecular complexity index is 890. The van der Waals surface area contributed by atoms with Gasteiger partial charge >= 0.3 is 6.03 Å². The van der Waals surface area contributed by atoms with E-state index in [9.17, 15) is 9.18 Å². The summed E-state index contributed by atoms with van der Waals surface area (Å²) in [5.74, 6) is 0.135. The van der Waals surface area contributed by atoms with E-state index in [1.54, 1.807) is 4.68 Å². The number of hydrogen-bond donors (Lipinski definition) is 2. The molecule has 0 aliphatic heterocycles. The Morgan fingerprint density at radius 1 is 1.12 bits per heavy atom. The first-order valence-electron chi connectivity index (χ1n) is 7.68. The van der Waals surface area contributed by atoms with Crippen LogP contribution in [0.3, 0.4) is 0 Å². The van der Waals surface area contributed by atoms with Crippen LogP contribution in [0.4, 0.5) is 14.9 Å². The van der Waals surface area contributed by atoms with Gasteiger partial charge in [-0.05, 0) is 71.8 Å². The molecule has 0 aliphatic rings. The number of aryl methyl sites for hydroxylation is 2. The van der Waals surface area contributed by atoms with Crippen LogP contribution >= 0.6 is 0 Å². The van der Waals surface area contributed by atoms with Crippen LogP contribution in [0, 0.1) is 19.7 Å². The van der Waals surface area contributed by atoms with E-state index >= 15 is 0 Å². The highest BCUT2D eigenvalue weighted by Gasteiger charge is 2.10. The second kappa shape index (κ2) is 7.08. The molecule has 0 atom stereocenters. The van der Waals surface area contributed by atoms with E-state index in [4.69, 9.17) is 0 Å². The van der Waals surface area contributed by atoms with E-state index in [-0.39, 0.29) is 12.4 Å². The van der Waals surface area contributed by atoms with Crippen molar-refractivity contribution in [3.63, 3.8) is 0 Å². The second-order valence-electron chi connectivity index (χ2n) is 5.59. The molecule has 8 heteroatoms. The van der Waals surface area contributed by atoms with E-state index in [1.165, 1.54) is 29.8 Å². The average Bonchev–Trinajstić information content (AvgIpc) is 3.06. The normalized spacial score (nSPS) is 10.5. The fraction of sp³-hybridized carbons (Fsp3) is 0.176. The van der Waals surface area contributed by atoms with Crippen LogP contribution in [0.2, 0.25) is 0 Å². The summed E-state index contributed by atoms with van der Waals surface area (Å²) < 4.78 is 14.4. The zero-order valence-corrected chi connectivity index (χ0v) is 13.8. The molecule has 2 amide bonds. The van der Waals surface area contributed by atoms with Gasteiger partial charge in [0, 0.05) is 5.69 Å². The Morgan fingerprint density at radius 2 is 1.88 bits per heavy atom. The van der Waals surface area contributed by atoms with Gasteiger partial charge in [-0.3, -0.25) is 0 Å². The van der Waals surface area contributed by atoms with Crippen LogP contribution in [0.1, 0.15) is 17.0 Å². The van der Waals surface area contributed by atoms with Crippen LogP contribution in [-0.4, -0.2) is 26.2 Å². The Balaban J connectivity index is 1.66. The highest BCUT2D eigenvalue weighted by molar-refractivity contribution is 5.89. The standard InChI is InChI=1S/C17H17FN6O/c1-11-3-8-15(9-12(11)2)24-16(21-22-23-24)10-19-17(25)20-14-6-4-13(18)5-7-14/h3-9H,10H2,1-2H3,(H2,19,20,25). The lowest BCUT2D eigenvalue weighted by Gasteiger charge is -2.09. The van der Waals surface area contributed by atoms with Crippen molar-refractivity contribution in [1.82, 2.24) is 25.5 Å². The first kappa shape index (κ1) is 16.6. The molecular formula is C17H17FN6O. The second-order valence-corrected chi connectivity index (χ2v) is 5.59. The molecule has 1 aromatic heterocycles. The number of carbonyl (C=O) groups excluding carboxylic acids is 1. The summed E-state index contributed by atoms with van der Waals surface area (Å²) in [6.07, 6.45) is 0. The molecule has 0 unspecified atom stereocenters. The third kappa shape index (κ3) is 3.97. The maximum Gasteiger partial charge on any atom is 0.319 e. The average molecular weight is 340 g/mol. The molecule has 2 aromatic carbocycles. The molecule has 0 saturated carbocycles. The molecule has 25 heavy (non-hydrogen) atoms.